The summed E-state index contributed by atoms with van der Waals surface area (Å²) in [7, 11) is 0. The third-order valence-corrected chi connectivity index (χ3v) is 3.64. The topological polar surface area (TPSA) is 35.0 Å². The van der Waals surface area contributed by atoms with E-state index in [1.54, 1.807) is 0 Å². The van der Waals surface area contributed by atoms with E-state index in [1.165, 1.54) is 17.8 Å². The van der Waals surface area contributed by atoms with Gasteiger partial charge < -0.3 is 4.74 Å². The Hall–Kier alpha value is -2.21. The highest BCUT2D eigenvalue weighted by Crippen LogP contribution is 2.25. The fourth-order valence-corrected chi connectivity index (χ4v) is 2.37. The van der Waals surface area contributed by atoms with E-state index in [2.05, 4.69) is 9.97 Å². The van der Waals surface area contributed by atoms with Crippen molar-refractivity contribution >= 4 is 22.7 Å². The van der Waals surface area contributed by atoms with E-state index >= 15 is 0 Å². The molecule has 22 heavy (non-hydrogen) atoms. The number of thioether (sulfide) groups is 1. The second-order valence-corrected chi connectivity index (χ2v) is 5.34. The SMILES string of the molecule is CSc1nc(OCc2ccc(F)c(F)c2)c2ccccc2n1. The summed E-state index contributed by atoms with van der Waals surface area (Å²) < 4.78 is 31.8. The number of halogens is 2. The molecule has 2 aromatic carbocycles. The van der Waals surface area contributed by atoms with Gasteiger partial charge in [0.2, 0.25) is 5.88 Å². The lowest BCUT2D eigenvalue weighted by molar-refractivity contribution is 0.294. The number of fused-ring (bicyclic) bond motifs is 1. The molecule has 0 N–H and O–H groups in total. The van der Waals surface area contributed by atoms with Gasteiger partial charge in [0, 0.05) is 0 Å². The van der Waals surface area contributed by atoms with Gasteiger partial charge in [-0.1, -0.05) is 30.0 Å². The summed E-state index contributed by atoms with van der Waals surface area (Å²) in [5.74, 6) is -1.33. The number of rotatable bonds is 4. The summed E-state index contributed by atoms with van der Waals surface area (Å²) in [4.78, 5) is 8.73. The predicted octanol–water partition coefficient (Wildman–Crippen LogP) is 4.21. The van der Waals surface area contributed by atoms with Gasteiger partial charge in [-0.3, -0.25) is 0 Å². The molecular formula is C16H12F2N2OS. The molecule has 3 rings (SSSR count). The molecular weight excluding hydrogens is 306 g/mol. The van der Waals surface area contributed by atoms with Crippen LogP contribution in [-0.4, -0.2) is 16.2 Å². The molecule has 0 unspecified atom stereocenters. The van der Waals surface area contributed by atoms with Crippen LogP contribution in [-0.2, 0) is 6.61 Å². The average Bonchev–Trinajstić information content (AvgIpc) is 2.55. The smallest absolute Gasteiger partial charge is 0.225 e. The molecule has 0 atom stereocenters. The Morgan fingerprint density at radius 1 is 1.05 bits per heavy atom. The average molecular weight is 318 g/mol. The lowest BCUT2D eigenvalue weighted by Gasteiger charge is -2.09. The zero-order valence-corrected chi connectivity index (χ0v) is 12.5. The van der Waals surface area contributed by atoms with Crippen molar-refractivity contribution in [1.82, 2.24) is 9.97 Å². The van der Waals surface area contributed by atoms with Gasteiger partial charge in [-0.2, -0.15) is 4.98 Å². The first-order valence-corrected chi connectivity index (χ1v) is 7.77. The molecule has 6 heteroatoms. The van der Waals surface area contributed by atoms with Crippen LogP contribution in [0.4, 0.5) is 8.78 Å². The lowest BCUT2D eigenvalue weighted by atomic mass is 10.2. The van der Waals surface area contributed by atoms with Gasteiger partial charge in [0.05, 0.1) is 10.9 Å². The van der Waals surface area contributed by atoms with Crippen molar-refractivity contribution in [2.24, 2.45) is 0 Å². The van der Waals surface area contributed by atoms with E-state index in [-0.39, 0.29) is 6.61 Å². The second kappa shape index (κ2) is 6.27. The van der Waals surface area contributed by atoms with Crippen molar-refractivity contribution in [2.45, 2.75) is 11.8 Å². The molecule has 1 heterocycles. The third kappa shape index (κ3) is 3.01. The molecule has 3 aromatic rings. The molecule has 3 nitrogen and oxygen atoms in total. The molecule has 0 radical (unpaired) electrons. The molecule has 0 bridgehead atoms. The number of para-hydroxylation sites is 1. The van der Waals surface area contributed by atoms with Crippen molar-refractivity contribution in [3.05, 3.63) is 59.7 Å². The number of aromatic nitrogens is 2. The van der Waals surface area contributed by atoms with Crippen molar-refractivity contribution in [2.75, 3.05) is 6.26 Å². The zero-order chi connectivity index (χ0) is 15.5. The quantitative estimate of drug-likeness (QED) is 0.533. The van der Waals surface area contributed by atoms with Crippen LogP contribution in [0.5, 0.6) is 5.88 Å². The van der Waals surface area contributed by atoms with E-state index in [0.717, 1.165) is 23.0 Å². The van der Waals surface area contributed by atoms with Gasteiger partial charge >= 0.3 is 0 Å². The maximum atomic E-state index is 13.2. The molecule has 0 fully saturated rings. The molecule has 0 spiro atoms. The summed E-state index contributed by atoms with van der Waals surface area (Å²) in [6.07, 6.45) is 1.88. The first-order valence-electron chi connectivity index (χ1n) is 6.55. The Labute approximate surface area is 130 Å². The van der Waals surface area contributed by atoms with Crippen LogP contribution in [0.15, 0.2) is 47.6 Å². The molecule has 0 aliphatic carbocycles. The van der Waals surface area contributed by atoms with Gasteiger partial charge in [-0.05, 0) is 36.1 Å². The maximum Gasteiger partial charge on any atom is 0.225 e. The van der Waals surface area contributed by atoms with Crippen LogP contribution in [0.3, 0.4) is 0 Å². The number of benzene rings is 2. The molecule has 0 aliphatic heterocycles. The fraction of sp³-hybridized carbons (Fsp3) is 0.125. The summed E-state index contributed by atoms with van der Waals surface area (Å²) in [5.41, 5.74) is 1.31. The van der Waals surface area contributed by atoms with Gasteiger partial charge in [-0.25, -0.2) is 13.8 Å². The zero-order valence-electron chi connectivity index (χ0n) is 11.7. The van der Waals surface area contributed by atoms with Crippen LogP contribution in [0.25, 0.3) is 10.9 Å². The first kappa shape index (κ1) is 14.7. The molecule has 0 aliphatic rings. The summed E-state index contributed by atoms with van der Waals surface area (Å²) >= 11 is 1.41. The Balaban J connectivity index is 1.91. The monoisotopic (exact) mass is 318 g/mol. The second-order valence-electron chi connectivity index (χ2n) is 4.57. The number of nitrogens with zero attached hydrogens (tertiary/aromatic N) is 2. The van der Waals surface area contributed by atoms with Gasteiger partial charge in [-0.15, -0.1) is 0 Å². The predicted molar refractivity (Wildman–Crippen MR) is 82.0 cm³/mol. The summed E-state index contributed by atoms with van der Waals surface area (Å²) in [6.45, 7) is 0.103. The van der Waals surface area contributed by atoms with Crippen molar-refractivity contribution < 1.29 is 13.5 Å². The first-order chi connectivity index (χ1) is 10.7. The fourth-order valence-electron chi connectivity index (χ4n) is 2.01. The number of hydrogen-bond donors (Lipinski definition) is 0. The van der Waals surface area contributed by atoms with E-state index in [4.69, 9.17) is 4.74 Å². The standard InChI is InChI=1S/C16H12F2N2OS/c1-22-16-19-14-5-3-2-4-11(14)15(20-16)21-9-10-6-7-12(17)13(18)8-10/h2-8H,9H2,1H3. The highest BCUT2D eigenvalue weighted by Gasteiger charge is 2.09. The summed E-state index contributed by atoms with van der Waals surface area (Å²) in [5, 5.41) is 1.38. The Kier molecular flexibility index (Phi) is 4.20. The van der Waals surface area contributed by atoms with E-state index in [1.807, 2.05) is 30.5 Å². The molecule has 1 aromatic heterocycles. The molecule has 0 saturated carbocycles. The van der Waals surface area contributed by atoms with Crippen molar-refractivity contribution in [1.29, 1.82) is 0 Å². The van der Waals surface area contributed by atoms with E-state index < -0.39 is 11.6 Å². The number of hydrogen-bond acceptors (Lipinski definition) is 4. The molecule has 112 valence electrons. The summed E-state index contributed by atoms with van der Waals surface area (Å²) in [6, 6.07) is 11.2. The van der Waals surface area contributed by atoms with Gasteiger partial charge in [0.1, 0.15) is 6.61 Å². The largest absolute Gasteiger partial charge is 0.472 e. The highest BCUT2D eigenvalue weighted by atomic mass is 32.2. The normalized spacial score (nSPS) is 10.9. The Morgan fingerprint density at radius 2 is 1.86 bits per heavy atom. The lowest BCUT2D eigenvalue weighted by Crippen LogP contribution is -2.01. The van der Waals surface area contributed by atoms with Crippen LogP contribution in [0, 0.1) is 11.6 Å². The van der Waals surface area contributed by atoms with Gasteiger partial charge in [0.25, 0.3) is 0 Å². The van der Waals surface area contributed by atoms with Crippen LogP contribution < -0.4 is 4.74 Å². The minimum absolute atomic E-state index is 0.103. The van der Waals surface area contributed by atoms with Crippen molar-refractivity contribution in [3.8, 4) is 5.88 Å². The Bertz CT molecular complexity index is 826. The van der Waals surface area contributed by atoms with Gasteiger partial charge in [0.15, 0.2) is 16.8 Å². The Morgan fingerprint density at radius 3 is 2.64 bits per heavy atom. The minimum atomic E-state index is -0.890. The van der Waals surface area contributed by atoms with E-state index in [9.17, 15) is 8.78 Å². The van der Waals surface area contributed by atoms with E-state index in [0.29, 0.717) is 16.6 Å². The minimum Gasteiger partial charge on any atom is -0.472 e. The maximum absolute atomic E-state index is 13.2. The van der Waals surface area contributed by atoms with Crippen LogP contribution in [0.1, 0.15) is 5.56 Å². The molecule has 0 amide bonds. The molecule has 0 saturated heterocycles. The van der Waals surface area contributed by atoms with Crippen LogP contribution in [0.2, 0.25) is 0 Å². The number of ether oxygens (including phenoxy) is 1. The highest BCUT2D eigenvalue weighted by molar-refractivity contribution is 7.98. The third-order valence-electron chi connectivity index (χ3n) is 3.09. The van der Waals surface area contributed by atoms with Crippen LogP contribution >= 0.6 is 11.8 Å². The van der Waals surface area contributed by atoms with Crippen molar-refractivity contribution in [3.63, 3.8) is 0 Å².